The Bertz CT molecular complexity index is 447. The highest BCUT2D eigenvalue weighted by atomic mass is 16.5. The lowest BCUT2D eigenvalue weighted by Gasteiger charge is -2.11. The van der Waals surface area contributed by atoms with E-state index >= 15 is 0 Å². The van der Waals surface area contributed by atoms with E-state index in [-0.39, 0.29) is 5.91 Å². The van der Waals surface area contributed by atoms with E-state index in [9.17, 15) is 4.79 Å². The Morgan fingerprint density at radius 3 is 2.55 bits per heavy atom. The van der Waals surface area contributed by atoms with Gasteiger partial charge in [-0.15, -0.1) is 0 Å². The van der Waals surface area contributed by atoms with E-state index in [0.29, 0.717) is 30.2 Å². The first-order valence-electron chi connectivity index (χ1n) is 8.49. The lowest BCUT2D eigenvalue weighted by molar-refractivity contribution is 0.0952. The molecule has 0 atom stereocenters. The summed E-state index contributed by atoms with van der Waals surface area (Å²) in [6, 6.07) is 5.22. The number of amides is 1. The molecule has 0 fully saturated rings. The maximum atomic E-state index is 12.1. The first-order valence-corrected chi connectivity index (χ1v) is 8.49. The zero-order valence-corrected chi connectivity index (χ0v) is 14.0. The van der Waals surface area contributed by atoms with Gasteiger partial charge in [-0.05, 0) is 31.0 Å². The Hall–Kier alpha value is -1.71. The quantitative estimate of drug-likeness (QED) is 0.477. The number of rotatable bonds is 11. The second kappa shape index (κ2) is 10.9. The van der Waals surface area contributed by atoms with Crippen LogP contribution in [0, 0.1) is 0 Å². The van der Waals surface area contributed by atoms with Crippen molar-refractivity contribution >= 4 is 11.6 Å². The van der Waals surface area contributed by atoms with Crippen LogP contribution in [-0.4, -0.2) is 19.1 Å². The van der Waals surface area contributed by atoms with Crippen LogP contribution in [0.15, 0.2) is 18.2 Å². The van der Waals surface area contributed by atoms with Gasteiger partial charge in [-0.2, -0.15) is 0 Å². The van der Waals surface area contributed by atoms with Crippen LogP contribution in [0.5, 0.6) is 5.75 Å². The molecule has 0 radical (unpaired) electrons. The number of carbonyl (C=O) groups is 1. The van der Waals surface area contributed by atoms with Crippen molar-refractivity contribution in [2.75, 3.05) is 18.9 Å². The lowest BCUT2D eigenvalue weighted by atomic mass is 10.1. The van der Waals surface area contributed by atoms with Gasteiger partial charge in [-0.3, -0.25) is 4.79 Å². The summed E-state index contributed by atoms with van der Waals surface area (Å²) in [6.07, 6.45) is 7.89. The van der Waals surface area contributed by atoms with Crippen LogP contribution in [0.4, 0.5) is 5.69 Å². The number of unbranched alkanes of at least 4 members (excludes halogenated alkanes) is 5. The van der Waals surface area contributed by atoms with Crippen molar-refractivity contribution in [1.82, 2.24) is 5.32 Å². The van der Waals surface area contributed by atoms with Gasteiger partial charge >= 0.3 is 0 Å². The molecule has 1 amide bonds. The molecule has 1 aromatic carbocycles. The number of carbonyl (C=O) groups excluding carboxylic acids is 1. The van der Waals surface area contributed by atoms with E-state index in [0.717, 1.165) is 32.1 Å². The summed E-state index contributed by atoms with van der Waals surface area (Å²) in [6.45, 7) is 5.68. The number of nitrogens with two attached hydrogens (primary N) is 1. The first-order chi connectivity index (χ1) is 10.7. The van der Waals surface area contributed by atoms with Gasteiger partial charge in [0.1, 0.15) is 5.75 Å². The van der Waals surface area contributed by atoms with Crippen molar-refractivity contribution in [2.45, 2.75) is 58.8 Å². The maximum absolute atomic E-state index is 12.1. The fourth-order valence-corrected chi connectivity index (χ4v) is 2.19. The molecule has 0 heterocycles. The van der Waals surface area contributed by atoms with Gasteiger partial charge in [-0.25, -0.2) is 0 Å². The maximum Gasteiger partial charge on any atom is 0.251 e. The molecule has 124 valence electrons. The number of hydrogen-bond donors (Lipinski definition) is 2. The topological polar surface area (TPSA) is 64.3 Å². The number of anilines is 1. The minimum absolute atomic E-state index is 0.0630. The van der Waals surface area contributed by atoms with E-state index in [4.69, 9.17) is 10.5 Å². The van der Waals surface area contributed by atoms with Crippen molar-refractivity contribution in [2.24, 2.45) is 0 Å². The Labute approximate surface area is 134 Å². The van der Waals surface area contributed by atoms with Crippen molar-refractivity contribution in [3.05, 3.63) is 23.8 Å². The molecule has 4 nitrogen and oxygen atoms in total. The average molecular weight is 306 g/mol. The van der Waals surface area contributed by atoms with Crippen molar-refractivity contribution < 1.29 is 9.53 Å². The number of benzene rings is 1. The fourth-order valence-electron chi connectivity index (χ4n) is 2.19. The van der Waals surface area contributed by atoms with Gasteiger partial charge in [0.05, 0.1) is 12.3 Å². The van der Waals surface area contributed by atoms with Crippen LogP contribution < -0.4 is 15.8 Å². The molecule has 0 bridgehead atoms. The molecule has 1 aromatic rings. The fraction of sp³-hybridized carbons (Fsp3) is 0.611. The van der Waals surface area contributed by atoms with Crippen LogP contribution in [0.2, 0.25) is 0 Å². The molecule has 0 aliphatic carbocycles. The summed E-state index contributed by atoms with van der Waals surface area (Å²) in [5, 5.41) is 2.93. The third-order valence-corrected chi connectivity index (χ3v) is 3.60. The zero-order valence-electron chi connectivity index (χ0n) is 14.0. The predicted molar refractivity (Wildman–Crippen MR) is 92.3 cm³/mol. The molecular formula is C18H30N2O2. The molecule has 0 spiro atoms. The molecule has 1 rings (SSSR count). The largest absolute Gasteiger partial charge is 0.491 e. The second-order valence-corrected chi connectivity index (χ2v) is 5.62. The molecule has 0 aromatic heterocycles. The van der Waals surface area contributed by atoms with E-state index in [1.54, 1.807) is 18.2 Å². The van der Waals surface area contributed by atoms with Gasteiger partial charge in [0.2, 0.25) is 0 Å². The van der Waals surface area contributed by atoms with E-state index in [1.807, 2.05) is 0 Å². The third kappa shape index (κ3) is 6.83. The van der Waals surface area contributed by atoms with Crippen LogP contribution >= 0.6 is 0 Å². The van der Waals surface area contributed by atoms with Gasteiger partial charge in [0.25, 0.3) is 5.91 Å². The van der Waals surface area contributed by atoms with Crippen molar-refractivity contribution in [1.29, 1.82) is 0 Å². The van der Waals surface area contributed by atoms with Crippen molar-refractivity contribution in [3.8, 4) is 5.75 Å². The summed E-state index contributed by atoms with van der Waals surface area (Å²) in [5.41, 5.74) is 7.10. The summed E-state index contributed by atoms with van der Waals surface area (Å²) in [5.74, 6) is 0.546. The number of ether oxygens (including phenoxy) is 1. The monoisotopic (exact) mass is 306 g/mol. The Morgan fingerprint density at radius 1 is 1.09 bits per heavy atom. The third-order valence-electron chi connectivity index (χ3n) is 3.60. The zero-order chi connectivity index (χ0) is 16.2. The summed E-state index contributed by atoms with van der Waals surface area (Å²) in [7, 11) is 0. The SMILES string of the molecule is CCCCCCOc1cc(C(=O)NCCCCC)ccc1N. The van der Waals surface area contributed by atoms with E-state index < -0.39 is 0 Å². The lowest BCUT2D eigenvalue weighted by Crippen LogP contribution is -2.24. The summed E-state index contributed by atoms with van der Waals surface area (Å²) < 4.78 is 5.71. The molecule has 0 aliphatic heterocycles. The minimum atomic E-state index is -0.0630. The molecule has 0 saturated carbocycles. The Balaban J connectivity index is 2.48. The van der Waals surface area contributed by atoms with Gasteiger partial charge in [0.15, 0.2) is 0 Å². The first kappa shape index (κ1) is 18.3. The Morgan fingerprint density at radius 2 is 1.82 bits per heavy atom. The van der Waals surface area contributed by atoms with Crippen LogP contribution in [0.25, 0.3) is 0 Å². The van der Waals surface area contributed by atoms with E-state index in [1.165, 1.54) is 12.8 Å². The number of nitrogens with one attached hydrogen (secondary N) is 1. The number of hydrogen-bond acceptors (Lipinski definition) is 3. The second-order valence-electron chi connectivity index (χ2n) is 5.62. The molecular weight excluding hydrogens is 276 g/mol. The summed E-state index contributed by atoms with van der Waals surface area (Å²) in [4.78, 5) is 12.1. The summed E-state index contributed by atoms with van der Waals surface area (Å²) >= 11 is 0. The molecule has 0 saturated heterocycles. The Kier molecular flexibility index (Phi) is 9.12. The number of nitrogen functional groups attached to an aromatic ring is 1. The highest BCUT2D eigenvalue weighted by molar-refractivity contribution is 5.95. The highest BCUT2D eigenvalue weighted by Crippen LogP contribution is 2.23. The molecule has 22 heavy (non-hydrogen) atoms. The van der Waals surface area contributed by atoms with Gasteiger partial charge in [0, 0.05) is 12.1 Å². The van der Waals surface area contributed by atoms with Crippen LogP contribution in [0.1, 0.15) is 69.2 Å². The predicted octanol–water partition coefficient (Wildman–Crippen LogP) is 4.15. The average Bonchev–Trinajstić information content (AvgIpc) is 2.52. The molecule has 0 aliphatic rings. The highest BCUT2D eigenvalue weighted by Gasteiger charge is 2.09. The van der Waals surface area contributed by atoms with Gasteiger partial charge < -0.3 is 15.8 Å². The van der Waals surface area contributed by atoms with Crippen LogP contribution in [0.3, 0.4) is 0 Å². The molecule has 4 heteroatoms. The van der Waals surface area contributed by atoms with E-state index in [2.05, 4.69) is 19.2 Å². The normalized spacial score (nSPS) is 10.5. The molecule has 3 N–H and O–H groups in total. The van der Waals surface area contributed by atoms with Crippen molar-refractivity contribution in [3.63, 3.8) is 0 Å². The standard InChI is InChI=1S/C18H30N2O2/c1-3-5-7-9-13-22-17-14-15(10-11-16(17)19)18(21)20-12-8-6-4-2/h10-11,14H,3-9,12-13,19H2,1-2H3,(H,20,21). The van der Waals surface area contributed by atoms with Gasteiger partial charge in [-0.1, -0.05) is 46.0 Å². The van der Waals surface area contributed by atoms with Crippen LogP contribution in [-0.2, 0) is 0 Å². The minimum Gasteiger partial charge on any atom is -0.491 e. The molecule has 0 unspecified atom stereocenters. The smallest absolute Gasteiger partial charge is 0.251 e.